The van der Waals surface area contributed by atoms with Crippen LogP contribution in [-0.4, -0.2) is 129 Å². The van der Waals surface area contributed by atoms with Crippen molar-refractivity contribution < 1.29 is 59.0 Å². The Morgan fingerprint density at radius 3 is 1.33 bits per heavy atom. The van der Waals surface area contributed by atoms with Crippen molar-refractivity contribution in [1.29, 1.82) is 0 Å². The normalized spacial score (nSPS) is 11.4. The fourth-order valence-corrected chi connectivity index (χ4v) is 4.36. The molecule has 0 rings (SSSR count). The molecule has 18 nitrogen and oxygen atoms in total. The second-order valence-electron chi connectivity index (χ2n) is 13.8. The lowest BCUT2D eigenvalue weighted by Crippen LogP contribution is -2.44. The van der Waals surface area contributed by atoms with Crippen LogP contribution in [0, 0.1) is 5.41 Å². The van der Waals surface area contributed by atoms with Crippen LogP contribution in [0.4, 0.5) is 0 Å². The molecule has 7 N–H and O–H groups in total. The standard InChI is InChI=1S/C34H62N6O12/c1-26(41)38(49)22-12-6-9-19-35-27(42)15-17-29(44)39(50)23-13-7-10-20-36-28(43)16-18-30(45)40(51)24-14-8-11-21-37-31(46)33(2,3)25-52-34(4,5)32(47)48/h49-51H,6-25H2,1-5H3,(H,35,42)(H,36,43)(H,37,46)(H,47,48). The molecule has 52 heavy (non-hydrogen) atoms. The molecule has 0 aromatic rings. The van der Waals surface area contributed by atoms with Gasteiger partial charge in [-0.25, -0.2) is 20.0 Å². The summed E-state index contributed by atoms with van der Waals surface area (Å²) in [5.74, 6) is -3.66. The van der Waals surface area contributed by atoms with Crippen LogP contribution < -0.4 is 16.0 Å². The highest BCUT2D eigenvalue weighted by Gasteiger charge is 2.34. The van der Waals surface area contributed by atoms with Gasteiger partial charge in [-0.15, -0.1) is 0 Å². The third-order valence-electron chi connectivity index (χ3n) is 8.06. The first-order chi connectivity index (χ1) is 24.3. The van der Waals surface area contributed by atoms with Crippen LogP contribution >= 0.6 is 0 Å². The number of ether oxygens (including phenoxy) is 1. The maximum Gasteiger partial charge on any atom is 0.335 e. The Balaban J connectivity index is 3.92. The summed E-state index contributed by atoms with van der Waals surface area (Å²) in [6, 6.07) is 0. The zero-order chi connectivity index (χ0) is 39.7. The fraction of sp³-hybridized carbons (Fsp3) is 0.794. The number of hydroxylamine groups is 6. The highest BCUT2D eigenvalue weighted by molar-refractivity contribution is 5.84. The molecule has 0 unspecified atom stereocenters. The number of carbonyl (C=O) groups excluding carboxylic acids is 6. The third-order valence-corrected chi connectivity index (χ3v) is 8.06. The van der Waals surface area contributed by atoms with Gasteiger partial charge in [0.25, 0.3) is 0 Å². The van der Waals surface area contributed by atoms with E-state index in [0.717, 1.165) is 0 Å². The molecule has 0 aliphatic rings. The highest BCUT2D eigenvalue weighted by Crippen LogP contribution is 2.20. The quantitative estimate of drug-likeness (QED) is 0.0330. The minimum atomic E-state index is -1.41. The summed E-state index contributed by atoms with van der Waals surface area (Å²) >= 11 is 0. The van der Waals surface area contributed by atoms with E-state index in [-0.39, 0.29) is 69.6 Å². The summed E-state index contributed by atoms with van der Waals surface area (Å²) in [5.41, 5.74) is -2.35. The molecule has 0 saturated heterocycles. The third kappa shape index (κ3) is 22.8. The Bertz CT molecular complexity index is 1150. The van der Waals surface area contributed by atoms with Crippen LogP contribution in [0.2, 0.25) is 0 Å². The van der Waals surface area contributed by atoms with Gasteiger partial charge in [0.2, 0.25) is 35.4 Å². The molecule has 0 aromatic heterocycles. The van der Waals surface area contributed by atoms with E-state index in [1.807, 2.05) is 0 Å². The maximum absolute atomic E-state index is 12.5. The van der Waals surface area contributed by atoms with Gasteiger partial charge in [-0.05, 0) is 85.5 Å². The summed E-state index contributed by atoms with van der Waals surface area (Å²) < 4.78 is 5.40. The summed E-state index contributed by atoms with van der Waals surface area (Å²) in [7, 11) is 0. The molecular formula is C34H62N6O12. The SMILES string of the molecule is CC(=O)N(O)CCCCCNC(=O)CCC(=O)N(O)CCCCCNC(=O)CCC(=O)N(O)CCCCCNC(=O)C(C)(C)COC(C)(C)C(=O)O. The Labute approximate surface area is 306 Å². The van der Waals surface area contributed by atoms with Crippen LogP contribution in [0.1, 0.15) is 118 Å². The Hall–Kier alpha value is -3.87. The summed E-state index contributed by atoms with van der Waals surface area (Å²) in [6.07, 6.45) is 4.83. The van der Waals surface area contributed by atoms with E-state index >= 15 is 0 Å². The number of aliphatic carboxylic acids is 1. The van der Waals surface area contributed by atoms with E-state index in [2.05, 4.69) is 16.0 Å². The molecule has 0 saturated carbocycles. The topological polar surface area (TPSA) is 255 Å². The van der Waals surface area contributed by atoms with Crippen LogP contribution in [0.25, 0.3) is 0 Å². The lowest BCUT2D eigenvalue weighted by molar-refractivity contribution is -0.166. The molecule has 0 radical (unpaired) electrons. The first-order valence-corrected chi connectivity index (χ1v) is 17.9. The Kier molecular flexibility index (Phi) is 24.0. The minimum absolute atomic E-state index is 0.0660. The molecule has 0 bridgehead atoms. The number of amides is 6. The first-order valence-electron chi connectivity index (χ1n) is 17.9. The second kappa shape index (κ2) is 26.0. The smallest absolute Gasteiger partial charge is 0.335 e. The lowest BCUT2D eigenvalue weighted by Gasteiger charge is -2.28. The summed E-state index contributed by atoms with van der Waals surface area (Å²) in [4.78, 5) is 82.8. The number of hydrogen-bond donors (Lipinski definition) is 7. The van der Waals surface area contributed by atoms with Gasteiger partial charge in [0.1, 0.15) is 0 Å². The van der Waals surface area contributed by atoms with Gasteiger partial charge in [-0.1, -0.05) is 0 Å². The van der Waals surface area contributed by atoms with E-state index in [1.54, 1.807) is 13.8 Å². The van der Waals surface area contributed by atoms with Gasteiger partial charge in [-0.3, -0.25) is 44.4 Å². The van der Waals surface area contributed by atoms with E-state index in [0.29, 0.717) is 92.6 Å². The number of rotatable bonds is 29. The predicted octanol–water partition coefficient (Wildman–Crippen LogP) is 1.99. The first kappa shape index (κ1) is 48.1. The average Bonchev–Trinajstić information content (AvgIpc) is 3.08. The number of carbonyl (C=O) groups is 7. The van der Waals surface area contributed by atoms with Gasteiger partial charge in [-0.2, -0.15) is 0 Å². The molecular weight excluding hydrogens is 684 g/mol. The van der Waals surface area contributed by atoms with Crippen molar-refractivity contribution in [1.82, 2.24) is 31.1 Å². The average molecular weight is 747 g/mol. The van der Waals surface area contributed by atoms with E-state index in [1.165, 1.54) is 20.8 Å². The zero-order valence-electron chi connectivity index (χ0n) is 31.5. The monoisotopic (exact) mass is 746 g/mol. The largest absolute Gasteiger partial charge is 0.479 e. The predicted molar refractivity (Wildman–Crippen MR) is 187 cm³/mol. The molecule has 0 fully saturated rings. The van der Waals surface area contributed by atoms with Gasteiger partial charge in [0.15, 0.2) is 5.60 Å². The molecule has 0 aromatic carbocycles. The fourth-order valence-electron chi connectivity index (χ4n) is 4.36. The van der Waals surface area contributed by atoms with Gasteiger partial charge < -0.3 is 25.8 Å². The van der Waals surface area contributed by atoms with Crippen molar-refractivity contribution in [3.05, 3.63) is 0 Å². The molecule has 0 spiro atoms. The van der Waals surface area contributed by atoms with Crippen LogP contribution in [-0.2, 0) is 38.3 Å². The molecule has 300 valence electrons. The molecule has 0 aliphatic carbocycles. The molecule has 6 amide bonds. The number of nitrogens with one attached hydrogen (secondary N) is 3. The Morgan fingerprint density at radius 1 is 0.558 bits per heavy atom. The zero-order valence-corrected chi connectivity index (χ0v) is 31.5. The molecule has 0 heterocycles. The number of carboxylic acids is 1. The van der Waals surface area contributed by atoms with Crippen molar-refractivity contribution in [3.8, 4) is 0 Å². The van der Waals surface area contributed by atoms with E-state index in [9.17, 15) is 49.2 Å². The molecule has 18 heteroatoms. The van der Waals surface area contributed by atoms with Crippen molar-refractivity contribution in [3.63, 3.8) is 0 Å². The van der Waals surface area contributed by atoms with Gasteiger partial charge >= 0.3 is 5.97 Å². The van der Waals surface area contributed by atoms with Gasteiger partial charge in [0, 0.05) is 71.9 Å². The van der Waals surface area contributed by atoms with Crippen molar-refractivity contribution >= 4 is 41.4 Å². The molecule has 0 aliphatic heterocycles. The van der Waals surface area contributed by atoms with Crippen LogP contribution in [0.3, 0.4) is 0 Å². The highest BCUT2D eigenvalue weighted by atomic mass is 16.5. The van der Waals surface area contributed by atoms with E-state index < -0.39 is 34.7 Å². The van der Waals surface area contributed by atoms with Crippen molar-refractivity contribution in [2.45, 2.75) is 124 Å². The Morgan fingerprint density at radius 2 is 0.942 bits per heavy atom. The van der Waals surface area contributed by atoms with Crippen LogP contribution in [0.15, 0.2) is 0 Å². The number of hydrogen-bond acceptors (Lipinski definition) is 11. The van der Waals surface area contributed by atoms with E-state index in [4.69, 9.17) is 9.84 Å². The maximum atomic E-state index is 12.5. The van der Waals surface area contributed by atoms with Crippen molar-refractivity contribution in [2.24, 2.45) is 5.41 Å². The number of carboxylic acid groups (broad SMARTS) is 1. The van der Waals surface area contributed by atoms with Crippen LogP contribution in [0.5, 0.6) is 0 Å². The lowest BCUT2D eigenvalue weighted by atomic mass is 9.93. The number of nitrogens with zero attached hydrogens (tertiary/aromatic N) is 3. The summed E-state index contributed by atoms with van der Waals surface area (Å²) in [5, 5.41) is 48.3. The minimum Gasteiger partial charge on any atom is -0.479 e. The molecule has 0 atom stereocenters. The summed E-state index contributed by atoms with van der Waals surface area (Å²) in [6.45, 7) is 8.80. The van der Waals surface area contributed by atoms with Crippen molar-refractivity contribution in [2.75, 3.05) is 45.9 Å². The number of unbranched alkanes of at least 4 members (excludes halogenated alkanes) is 6. The second-order valence-corrected chi connectivity index (χ2v) is 13.8. The van der Waals surface area contributed by atoms with Gasteiger partial charge in [0.05, 0.1) is 12.0 Å².